The van der Waals surface area contributed by atoms with Crippen LogP contribution in [-0.4, -0.2) is 13.2 Å². The highest BCUT2D eigenvalue weighted by Gasteiger charge is 2.18. The van der Waals surface area contributed by atoms with E-state index in [9.17, 15) is 4.57 Å². The molecule has 0 fully saturated rings. The molecule has 0 aromatic rings. The minimum atomic E-state index is -2.95. The lowest BCUT2D eigenvalue weighted by molar-refractivity contribution is 0.228. The maximum absolute atomic E-state index is 11.8. The third-order valence-electron chi connectivity index (χ3n) is 1.27. The van der Waals surface area contributed by atoms with Crippen LogP contribution in [0.4, 0.5) is 0 Å². The van der Waals surface area contributed by atoms with Gasteiger partial charge in [-0.05, 0) is 19.8 Å². The van der Waals surface area contributed by atoms with Gasteiger partial charge in [0.15, 0.2) is 0 Å². The van der Waals surface area contributed by atoms with Gasteiger partial charge in [-0.1, -0.05) is 19.9 Å². The number of hydrogen-bond donors (Lipinski definition) is 0. The fourth-order valence-corrected chi connectivity index (χ4v) is 2.28. The molecule has 13 heavy (non-hydrogen) atoms. The molecule has 0 spiro atoms. The average molecular weight is 206 g/mol. The van der Waals surface area contributed by atoms with Crippen LogP contribution < -0.4 is 0 Å². The van der Waals surface area contributed by atoms with Crippen molar-refractivity contribution in [2.24, 2.45) is 5.92 Å². The first kappa shape index (κ1) is 12.9. The molecule has 0 aliphatic carbocycles. The van der Waals surface area contributed by atoms with Gasteiger partial charge in [0.2, 0.25) is 0 Å². The molecular weight excluding hydrogens is 187 g/mol. The number of allylic oxidation sites excluding steroid dienone is 1. The Morgan fingerprint density at radius 2 is 1.69 bits per heavy atom. The Morgan fingerprint density at radius 1 is 1.23 bits per heavy atom. The molecule has 0 saturated heterocycles. The summed E-state index contributed by atoms with van der Waals surface area (Å²) >= 11 is 0. The van der Waals surface area contributed by atoms with Crippen LogP contribution in [0.15, 0.2) is 11.9 Å². The summed E-state index contributed by atoms with van der Waals surface area (Å²) in [5, 5.41) is 0. The lowest BCUT2D eigenvalue weighted by Crippen LogP contribution is -1.93. The second-order valence-electron chi connectivity index (χ2n) is 2.96. The molecule has 0 radical (unpaired) electrons. The van der Waals surface area contributed by atoms with E-state index >= 15 is 0 Å². The van der Waals surface area contributed by atoms with E-state index in [1.807, 2.05) is 19.9 Å². The first-order valence-electron chi connectivity index (χ1n) is 4.62. The zero-order valence-corrected chi connectivity index (χ0v) is 9.71. The van der Waals surface area contributed by atoms with E-state index < -0.39 is 7.60 Å². The summed E-state index contributed by atoms with van der Waals surface area (Å²) in [6, 6.07) is 0. The van der Waals surface area contributed by atoms with Gasteiger partial charge in [0.05, 0.1) is 13.2 Å². The van der Waals surface area contributed by atoms with Gasteiger partial charge in [-0.15, -0.1) is 0 Å². The number of rotatable bonds is 6. The minimum Gasteiger partial charge on any atom is -0.306 e. The van der Waals surface area contributed by atoms with Crippen LogP contribution in [0.3, 0.4) is 0 Å². The first-order chi connectivity index (χ1) is 6.04. The van der Waals surface area contributed by atoms with Gasteiger partial charge in [-0.3, -0.25) is 4.57 Å². The fourth-order valence-electron chi connectivity index (χ4n) is 0.761. The second-order valence-corrected chi connectivity index (χ2v) is 4.86. The van der Waals surface area contributed by atoms with E-state index in [1.165, 1.54) is 0 Å². The molecule has 3 nitrogen and oxygen atoms in total. The van der Waals surface area contributed by atoms with Crippen LogP contribution in [0.5, 0.6) is 0 Å². The molecule has 0 atom stereocenters. The highest BCUT2D eigenvalue weighted by molar-refractivity contribution is 7.57. The molecule has 0 heterocycles. The molecule has 4 heteroatoms. The highest BCUT2D eigenvalue weighted by atomic mass is 31.2. The van der Waals surface area contributed by atoms with Crippen molar-refractivity contribution in [1.29, 1.82) is 0 Å². The Bertz CT molecular complexity index is 189. The van der Waals surface area contributed by atoms with Crippen LogP contribution >= 0.6 is 7.60 Å². The van der Waals surface area contributed by atoms with Crippen molar-refractivity contribution in [2.45, 2.75) is 27.7 Å². The zero-order chi connectivity index (χ0) is 10.3. The quantitative estimate of drug-likeness (QED) is 0.624. The van der Waals surface area contributed by atoms with E-state index in [0.717, 1.165) is 0 Å². The Morgan fingerprint density at radius 3 is 2.00 bits per heavy atom. The van der Waals surface area contributed by atoms with Crippen molar-refractivity contribution in [3.05, 3.63) is 11.9 Å². The van der Waals surface area contributed by atoms with Crippen LogP contribution in [0, 0.1) is 5.92 Å². The summed E-state index contributed by atoms with van der Waals surface area (Å²) in [4.78, 5) is 0. The standard InChI is InChI=1S/C9H19O3P/c1-5-11-13(10,12-6-2)8-7-9(3)4/h7-9H,5-6H2,1-4H3/b8-7-. The number of hydrogen-bond acceptors (Lipinski definition) is 3. The van der Waals surface area contributed by atoms with Gasteiger partial charge >= 0.3 is 7.60 Å². The van der Waals surface area contributed by atoms with E-state index in [-0.39, 0.29) is 0 Å². The molecule has 0 amide bonds. The predicted octanol–water partition coefficient (Wildman–Crippen LogP) is 3.42. The smallest absolute Gasteiger partial charge is 0.306 e. The van der Waals surface area contributed by atoms with Crippen LogP contribution in [0.25, 0.3) is 0 Å². The van der Waals surface area contributed by atoms with Gasteiger partial charge in [0.1, 0.15) is 0 Å². The summed E-state index contributed by atoms with van der Waals surface area (Å²) in [5.41, 5.74) is 0. The minimum absolute atomic E-state index is 0.356. The largest absolute Gasteiger partial charge is 0.353 e. The summed E-state index contributed by atoms with van der Waals surface area (Å²) in [6.45, 7) is 8.43. The van der Waals surface area contributed by atoms with E-state index in [2.05, 4.69) is 0 Å². The Hall–Kier alpha value is -0.110. The summed E-state index contributed by atoms with van der Waals surface area (Å²) in [7, 11) is -2.95. The van der Waals surface area contributed by atoms with Gasteiger partial charge in [-0.2, -0.15) is 0 Å². The van der Waals surface area contributed by atoms with Crippen LogP contribution in [-0.2, 0) is 13.6 Å². The SMILES string of the molecule is CCOP(=O)(/C=C\C(C)C)OCC. The molecule has 0 aromatic carbocycles. The van der Waals surface area contributed by atoms with Crippen molar-refractivity contribution < 1.29 is 13.6 Å². The molecule has 0 aliphatic heterocycles. The van der Waals surface area contributed by atoms with Crippen molar-refractivity contribution in [3.63, 3.8) is 0 Å². The molecule has 0 unspecified atom stereocenters. The van der Waals surface area contributed by atoms with Crippen molar-refractivity contribution in [1.82, 2.24) is 0 Å². The summed E-state index contributed by atoms with van der Waals surface area (Å²) in [6.07, 6.45) is 1.84. The lowest BCUT2D eigenvalue weighted by atomic mass is 10.2. The van der Waals surface area contributed by atoms with Gasteiger partial charge < -0.3 is 9.05 Å². The average Bonchev–Trinajstić information content (AvgIpc) is 2.02. The third-order valence-corrected chi connectivity index (χ3v) is 3.05. The maximum Gasteiger partial charge on any atom is 0.353 e. The van der Waals surface area contributed by atoms with Gasteiger partial charge in [0, 0.05) is 5.82 Å². The molecule has 0 bridgehead atoms. The van der Waals surface area contributed by atoms with Gasteiger partial charge in [-0.25, -0.2) is 0 Å². The lowest BCUT2D eigenvalue weighted by Gasteiger charge is -2.12. The predicted molar refractivity (Wildman–Crippen MR) is 54.8 cm³/mol. The molecule has 78 valence electrons. The molecule has 0 saturated carbocycles. The molecule has 0 aliphatic rings. The fraction of sp³-hybridized carbons (Fsp3) is 0.778. The molecular formula is C9H19O3P. The van der Waals surface area contributed by atoms with E-state index in [0.29, 0.717) is 19.1 Å². The van der Waals surface area contributed by atoms with E-state index in [1.54, 1.807) is 19.7 Å². The second kappa shape index (κ2) is 6.36. The Labute approximate surface area is 80.7 Å². The monoisotopic (exact) mass is 206 g/mol. The van der Waals surface area contributed by atoms with Crippen LogP contribution in [0.1, 0.15) is 27.7 Å². The Balaban J connectivity index is 4.31. The zero-order valence-electron chi connectivity index (χ0n) is 8.82. The van der Waals surface area contributed by atoms with Crippen molar-refractivity contribution in [3.8, 4) is 0 Å². The molecule has 0 rings (SSSR count). The van der Waals surface area contributed by atoms with Gasteiger partial charge in [0.25, 0.3) is 0 Å². The normalized spacial score (nSPS) is 13.0. The summed E-state index contributed by atoms with van der Waals surface area (Å²) in [5.74, 6) is 1.90. The topological polar surface area (TPSA) is 35.5 Å². The maximum atomic E-state index is 11.8. The van der Waals surface area contributed by atoms with Crippen LogP contribution in [0.2, 0.25) is 0 Å². The Kier molecular flexibility index (Phi) is 6.31. The van der Waals surface area contributed by atoms with E-state index in [4.69, 9.17) is 9.05 Å². The van der Waals surface area contributed by atoms with Crippen molar-refractivity contribution in [2.75, 3.05) is 13.2 Å². The third kappa shape index (κ3) is 6.03. The highest BCUT2D eigenvalue weighted by Crippen LogP contribution is 2.49. The summed E-state index contributed by atoms with van der Waals surface area (Å²) < 4.78 is 21.9. The van der Waals surface area contributed by atoms with Crippen molar-refractivity contribution >= 4 is 7.60 Å². The molecule has 0 aromatic heterocycles. The molecule has 0 N–H and O–H groups in total. The first-order valence-corrected chi connectivity index (χ1v) is 6.23.